The van der Waals surface area contributed by atoms with Crippen LogP contribution in [0.3, 0.4) is 0 Å². The zero-order valence-electron chi connectivity index (χ0n) is 13.3. The van der Waals surface area contributed by atoms with Crippen molar-refractivity contribution in [3.63, 3.8) is 0 Å². The van der Waals surface area contributed by atoms with E-state index in [9.17, 15) is 4.79 Å². The quantitative estimate of drug-likeness (QED) is 0.840. The van der Waals surface area contributed by atoms with Gasteiger partial charge in [-0.1, -0.05) is 55.8 Å². The second-order valence-corrected chi connectivity index (χ2v) is 6.13. The van der Waals surface area contributed by atoms with Crippen molar-refractivity contribution in [2.24, 2.45) is 11.7 Å². The number of rotatable bonds is 6. The lowest BCUT2D eigenvalue weighted by atomic mass is 10.1. The fourth-order valence-electron chi connectivity index (χ4n) is 1.98. The van der Waals surface area contributed by atoms with Gasteiger partial charge in [0.2, 0.25) is 5.91 Å². The summed E-state index contributed by atoms with van der Waals surface area (Å²) in [5.74, 6) is 0.725. The number of nitrogens with one attached hydrogen (secondary N) is 1. The molecule has 1 unspecified atom stereocenters. The lowest BCUT2D eigenvalue weighted by Gasteiger charge is -2.14. The SMILES string of the molecule is CC(C)COc1ccc(NC(=O)C(N)c2ccccc2)cc1Cl. The van der Waals surface area contributed by atoms with E-state index < -0.39 is 6.04 Å². The van der Waals surface area contributed by atoms with Crippen LogP contribution < -0.4 is 15.8 Å². The first-order valence-electron chi connectivity index (χ1n) is 7.51. The highest BCUT2D eigenvalue weighted by Gasteiger charge is 2.16. The van der Waals surface area contributed by atoms with Crippen molar-refractivity contribution < 1.29 is 9.53 Å². The van der Waals surface area contributed by atoms with Crippen molar-refractivity contribution in [3.8, 4) is 5.75 Å². The van der Waals surface area contributed by atoms with Crippen LogP contribution in [-0.2, 0) is 4.79 Å². The lowest BCUT2D eigenvalue weighted by molar-refractivity contribution is -0.117. The fourth-order valence-corrected chi connectivity index (χ4v) is 2.22. The van der Waals surface area contributed by atoms with E-state index in [2.05, 4.69) is 19.2 Å². The van der Waals surface area contributed by atoms with Crippen LogP contribution in [0.1, 0.15) is 25.5 Å². The monoisotopic (exact) mass is 332 g/mol. The molecule has 0 aliphatic rings. The summed E-state index contributed by atoms with van der Waals surface area (Å²) in [6, 6.07) is 13.6. The summed E-state index contributed by atoms with van der Waals surface area (Å²) < 4.78 is 5.61. The van der Waals surface area contributed by atoms with Gasteiger partial charge in [0.15, 0.2) is 0 Å². The lowest BCUT2D eigenvalue weighted by Crippen LogP contribution is -2.27. The van der Waals surface area contributed by atoms with Crippen LogP contribution in [0.4, 0.5) is 5.69 Å². The van der Waals surface area contributed by atoms with Gasteiger partial charge in [0.1, 0.15) is 11.8 Å². The maximum atomic E-state index is 12.2. The highest BCUT2D eigenvalue weighted by atomic mass is 35.5. The number of ether oxygens (including phenoxy) is 1. The normalized spacial score (nSPS) is 12.0. The molecule has 1 atom stereocenters. The number of anilines is 1. The van der Waals surface area contributed by atoms with Crippen LogP contribution in [0.2, 0.25) is 5.02 Å². The van der Waals surface area contributed by atoms with Crippen molar-refractivity contribution in [1.82, 2.24) is 0 Å². The minimum Gasteiger partial charge on any atom is -0.492 e. The summed E-state index contributed by atoms with van der Waals surface area (Å²) in [4.78, 5) is 12.2. The van der Waals surface area contributed by atoms with Gasteiger partial charge in [-0.15, -0.1) is 0 Å². The zero-order chi connectivity index (χ0) is 16.8. The third-order valence-electron chi connectivity index (χ3n) is 3.21. The van der Waals surface area contributed by atoms with E-state index in [-0.39, 0.29) is 5.91 Å². The maximum Gasteiger partial charge on any atom is 0.245 e. The Morgan fingerprint density at radius 1 is 1.22 bits per heavy atom. The maximum absolute atomic E-state index is 12.2. The molecule has 2 aromatic rings. The second kappa shape index (κ2) is 7.99. The van der Waals surface area contributed by atoms with Gasteiger partial charge < -0.3 is 15.8 Å². The van der Waals surface area contributed by atoms with Gasteiger partial charge in [-0.05, 0) is 29.7 Å². The van der Waals surface area contributed by atoms with Crippen LogP contribution in [0.5, 0.6) is 5.75 Å². The molecule has 0 aromatic heterocycles. The number of halogens is 1. The first kappa shape index (κ1) is 17.3. The van der Waals surface area contributed by atoms with Crippen LogP contribution in [0, 0.1) is 5.92 Å². The van der Waals surface area contributed by atoms with E-state index in [0.29, 0.717) is 29.0 Å². The Balaban J connectivity index is 2.02. The standard InChI is InChI=1S/C18H21ClN2O2/c1-12(2)11-23-16-9-8-14(10-15(16)19)21-18(22)17(20)13-6-4-3-5-7-13/h3-10,12,17H,11,20H2,1-2H3,(H,21,22). The molecular formula is C18H21ClN2O2. The highest BCUT2D eigenvalue weighted by molar-refractivity contribution is 6.32. The van der Waals surface area contributed by atoms with Crippen molar-refractivity contribution in [3.05, 3.63) is 59.1 Å². The second-order valence-electron chi connectivity index (χ2n) is 5.73. The fraction of sp³-hybridized carbons (Fsp3) is 0.278. The van der Waals surface area contributed by atoms with Gasteiger partial charge in [-0.3, -0.25) is 4.79 Å². The molecule has 0 saturated carbocycles. The Morgan fingerprint density at radius 2 is 1.91 bits per heavy atom. The Kier molecular flexibility index (Phi) is 6.02. The molecular weight excluding hydrogens is 312 g/mol. The molecule has 0 saturated heterocycles. The molecule has 4 nitrogen and oxygen atoms in total. The topological polar surface area (TPSA) is 64.3 Å². The summed E-state index contributed by atoms with van der Waals surface area (Å²) in [5.41, 5.74) is 7.31. The minimum atomic E-state index is -0.730. The van der Waals surface area contributed by atoms with Crippen molar-refractivity contribution >= 4 is 23.2 Å². The van der Waals surface area contributed by atoms with Gasteiger partial charge >= 0.3 is 0 Å². The molecule has 0 spiro atoms. The molecule has 5 heteroatoms. The molecule has 1 amide bonds. The van der Waals surface area contributed by atoms with Gasteiger partial charge in [0.25, 0.3) is 0 Å². The van der Waals surface area contributed by atoms with Crippen molar-refractivity contribution in [1.29, 1.82) is 0 Å². The largest absolute Gasteiger partial charge is 0.492 e. The first-order chi connectivity index (χ1) is 11.0. The van der Waals surface area contributed by atoms with Crippen molar-refractivity contribution in [2.75, 3.05) is 11.9 Å². The van der Waals surface area contributed by atoms with Gasteiger partial charge in [0, 0.05) is 5.69 Å². The molecule has 0 fully saturated rings. The van der Waals surface area contributed by atoms with Gasteiger partial charge in [-0.2, -0.15) is 0 Å². The molecule has 0 aliphatic carbocycles. The van der Waals surface area contributed by atoms with Crippen LogP contribution in [0.15, 0.2) is 48.5 Å². The molecule has 0 aliphatic heterocycles. The molecule has 2 aromatic carbocycles. The van der Waals surface area contributed by atoms with Crippen LogP contribution in [-0.4, -0.2) is 12.5 Å². The number of hydrogen-bond acceptors (Lipinski definition) is 3. The van der Waals surface area contributed by atoms with E-state index >= 15 is 0 Å². The first-order valence-corrected chi connectivity index (χ1v) is 7.89. The Hall–Kier alpha value is -2.04. The summed E-state index contributed by atoms with van der Waals surface area (Å²) in [6.07, 6.45) is 0. The number of hydrogen-bond donors (Lipinski definition) is 2. The number of amides is 1. The zero-order valence-corrected chi connectivity index (χ0v) is 14.0. The molecule has 122 valence electrons. The average Bonchev–Trinajstić information content (AvgIpc) is 2.54. The van der Waals surface area contributed by atoms with Gasteiger partial charge in [0.05, 0.1) is 11.6 Å². The number of benzene rings is 2. The predicted octanol–water partition coefficient (Wildman–Crippen LogP) is 4.01. The smallest absolute Gasteiger partial charge is 0.245 e. The van der Waals surface area contributed by atoms with E-state index in [1.54, 1.807) is 18.2 Å². The summed E-state index contributed by atoms with van der Waals surface area (Å²) in [5, 5.41) is 3.22. The molecule has 2 rings (SSSR count). The number of nitrogens with two attached hydrogens (primary N) is 1. The highest BCUT2D eigenvalue weighted by Crippen LogP contribution is 2.28. The summed E-state index contributed by atoms with van der Waals surface area (Å²) >= 11 is 6.19. The number of carbonyl (C=O) groups is 1. The summed E-state index contributed by atoms with van der Waals surface area (Å²) in [6.45, 7) is 4.71. The van der Waals surface area contributed by atoms with Crippen molar-refractivity contribution in [2.45, 2.75) is 19.9 Å². The Bertz CT molecular complexity index is 659. The van der Waals surface area contributed by atoms with Gasteiger partial charge in [-0.25, -0.2) is 0 Å². The van der Waals surface area contributed by atoms with E-state index in [1.807, 2.05) is 30.3 Å². The predicted molar refractivity (Wildman–Crippen MR) is 93.8 cm³/mol. The van der Waals surface area contributed by atoms with E-state index in [0.717, 1.165) is 5.56 Å². The molecule has 3 N–H and O–H groups in total. The van der Waals surface area contributed by atoms with E-state index in [1.165, 1.54) is 0 Å². The van der Waals surface area contributed by atoms with Crippen LogP contribution in [0.25, 0.3) is 0 Å². The number of carbonyl (C=O) groups excluding carboxylic acids is 1. The average molecular weight is 333 g/mol. The summed E-state index contributed by atoms with van der Waals surface area (Å²) in [7, 11) is 0. The molecule has 0 bridgehead atoms. The Morgan fingerprint density at radius 3 is 2.52 bits per heavy atom. The van der Waals surface area contributed by atoms with E-state index in [4.69, 9.17) is 22.1 Å². The third kappa shape index (κ3) is 4.98. The third-order valence-corrected chi connectivity index (χ3v) is 3.51. The minimum absolute atomic E-state index is 0.289. The molecule has 0 heterocycles. The molecule has 23 heavy (non-hydrogen) atoms. The molecule has 0 radical (unpaired) electrons. The van der Waals surface area contributed by atoms with Crippen LogP contribution >= 0.6 is 11.6 Å². The Labute approximate surface area is 141 Å².